The topological polar surface area (TPSA) is 110 Å². The first-order chi connectivity index (χ1) is 14.0. The van der Waals surface area contributed by atoms with E-state index in [2.05, 4.69) is 25.5 Å². The maximum atomic E-state index is 12.4. The van der Waals surface area contributed by atoms with Gasteiger partial charge in [-0.2, -0.15) is 0 Å². The van der Waals surface area contributed by atoms with E-state index >= 15 is 0 Å². The monoisotopic (exact) mass is 396 g/mol. The van der Waals surface area contributed by atoms with Crippen LogP contribution >= 0.6 is 0 Å². The molecule has 1 saturated heterocycles. The number of nitrogens with one attached hydrogen (secondary N) is 1. The zero-order valence-electron chi connectivity index (χ0n) is 16.8. The normalized spacial score (nSPS) is 17.4. The second-order valence-corrected chi connectivity index (χ2v) is 7.49. The summed E-state index contributed by atoms with van der Waals surface area (Å²) in [5.41, 5.74) is 2.63. The molecule has 0 saturated carbocycles. The summed E-state index contributed by atoms with van der Waals surface area (Å²) >= 11 is 0. The maximum absolute atomic E-state index is 12.4. The summed E-state index contributed by atoms with van der Waals surface area (Å²) in [5, 5.41) is 10.6. The molecule has 152 valence electrons. The maximum Gasteiger partial charge on any atom is 0.239 e. The summed E-state index contributed by atoms with van der Waals surface area (Å²) in [4.78, 5) is 23.6. The van der Waals surface area contributed by atoms with Crippen molar-refractivity contribution in [3.63, 3.8) is 0 Å². The van der Waals surface area contributed by atoms with E-state index in [1.165, 1.54) is 0 Å². The van der Waals surface area contributed by atoms with E-state index in [1.54, 1.807) is 19.2 Å². The molecule has 9 nitrogen and oxygen atoms in total. The Morgan fingerprint density at radius 1 is 1.24 bits per heavy atom. The number of carbonyl (C=O) groups excluding carboxylic acids is 1. The molecule has 4 rings (SSSR count). The number of aromatic nitrogens is 4. The van der Waals surface area contributed by atoms with E-state index in [4.69, 9.17) is 14.0 Å². The molecule has 1 amide bonds. The first-order valence-corrected chi connectivity index (χ1v) is 9.70. The molecule has 3 aromatic rings. The summed E-state index contributed by atoms with van der Waals surface area (Å²) in [5.74, 6) is 2.57. The van der Waals surface area contributed by atoms with Crippen molar-refractivity contribution in [2.45, 2.75) is 39.5 Å². The second-order valence-electron chi connectivity index (χ2n) is 7.49. The van der Waals surface area contributed by atoms with E-state index < -0.39 is 0 Å². The Hall–Kier alpha value is -3.07. The molecular weight excluding hydrogens is 372 g/mol. The number of likely N-dealkylation sites (tertiary alicyclic amines) is 1. The third-order valence-corrected chi connectivity index (χ3v) is 4.99. The molecule has 9 heteroatoms. The Morgan fingerprint density at radius 3 is 2.83 bits per heavy atom. The fourth-order valence-electron chi connectivity index (χ4n) is 3.71. The van der Waals surface area contributed by atoms with E-state index in [1.807, 2.05) is 19.9 Å². The second kappa shape index (κ2) is 8.12. The number of amides is 1. The van der Waals surface area contributed by atoms with Crippen LogP contribution < -0.4 is 5.32 Å². The predicted molar refractivity (Wildman–Crippen MR) is 105 cm³/mol. The molecule has 0 bridgehead atoms. The minimum atomic E-state index is -0.107. The van der Waals surface area contributed by atoms with Gasteiger partial charge in [-0.3, -0.25) is 9.69 Å². The van der Waals surface area contributed by atoms with Crippen LogP contribution in [0.15, 0.2) is 27.4 Å². The highest BCUT2D eigenvalue weighted by atomic mass is 16.5. The van der Waals surface area contributed by atoms with Crippen LogP contribution in [0, 0.1) is 20.8 Å². The summed E-state index contributed by atoms with van der Waals surface area (Å²) in [7, 11) is 0. The van der Waals surface area contributed by atoms with Gasteiger partial charge in [0.25, 0.3) is 0 Å². The third-order valence-electron chi connectivity index (χ3n) is 4.99. The van der Waals surface area contributed by atoms with E-state index in [0.717, 1.165) is 48.7 Å². The largest absolute Gasteiger partial charge is 0.360 e. The van der Waals surface area contributed by atoms with Crippen molar-refractivity contribution in [1.82, 2.24) is 25.2 Å². The third kappa shape index (κ3) is 4.51. The highest BCUT2D eigenvalue weighted by Crippen LogP contribution is 2.33. The lowest BCUT2D eigenvalue weighted by atomic mass is 9.91. The fraction of sp³-hybridized carbons (Fsp3) is 0.450. The Balaban J connectivity index is 1.48. The van der Waals surface area contributed by atoms with Crippen LogP contribution in [-0.2, 0) is 4.79 Å². The molecule has 0 aromatic carbocycles. The van der Waals surface area contributed by atoms with E-state index in [9.17, 15) is 4.79 Å². The molecule has 1 aliphatic rings. The Labute approximate surface area is 168 Å². The first kappa shape index (κ1) is 19.3. The molecule has 0 spiro atoms. The zero-order chi connectivity index (χ0) is 20.4. The lowest BCUT2D eigenvalue weighted by molar-refractivity contribution is -0.117. The predicted octanol–water partition coefficient (Wildman–Crippen LogP) is 2.86. The van der Waals surface area contributed by atoms with Crippen LogP contribution in [0.4, 0.5) is 5.82 Å². The number of piperidine rings is 1. The number of anilines is 1. The Kier molecular flexibility index (Phi) is 5.39. The highest BCUT2D eigenvalue weighted by molar-refractivity contribution is 5.91. The summed E-state index contributed by atoms with van der Waals surface area (Å²) < 4.78 is 10.4. The summed E-state index contributed by atoms with van der Waals surface area (Å²) in [6, 6.07) is 3.59. The van der Waals surface area contributed by atoms with Gasteiger partial charge in [-0.05, 0) is 40.2 Å². The number of hydrogen-bond donors (Lipinski definition) is 1. The summed E-state index contributed by atoms with van der Waals surface area (Å²) in [6.07, 6.45) is 3.78. The van der Waals surface area contributed by atoms with E-state index in [-0.39, 0.29) is 11.8 Å². The van der Waals surface area contributed by atoms with Crippen LogP contribution in [0.5, 0.6) is 0 Å². The number of rotatable bonds is 5. The van der Waals surface area contributed by atoms with Crippen LogP contribution in [0.25, 0.3) is 11.3 Å². The molecule has 1 N–H and O–H groups in total. The summed E-state index contributed by atoms with van der Waals surface area (Å²) in [6.45, 7) is 7.45. The smallest absolute Gasteiger partial charge is 0.239 e. The molecule has 1 fully saturated rings. The van der Waals surface area contributed by atoms with Gasteiger partial charge in [0.15, 0.2) is 11.6 Å². The van der Waals surface area contributed by atoms with Crippen molar-refractivity contribution in [1.29, 1.82) is 0 Å². The van der Waals surface area contributed by atoms with Gasteiger partial charge in [-0.25, -0.2) is 9.97 Å². The number of carbonyl (C=O) groups is 1. The van der Waals surface area contributed by atoms with Crippen LogP contribution in [0.2, 0.25) is 0 Å². The van der Waals surface area contributed by atoms with Crippen LogP contribution in [0.3, 0.4) is 0 Å². The highest BCUT2D eigenvalue weighted by Gasteiger charge is 2.27. The lowest BCUT2D eigenvalue weighted by Crippen LogP contribution is -2.40. The first-order valence-electron chi connectivity index (χ1n) is 9.70. The van der Waals surface area contributed by atoms with Gasteiger partial charge in [-0.15, -0.1) is 0 Å². The van der Waals surface area contributed by atoms with Gasteiger partial charge in [0.2, 0.25) is 5.91 Å². The molecule has 3 aromatic heterocycles. The Morgan fingerprint density at radius 2 is 2.10 bits per heavy atom. The minimum absolute atomic E-state index is 0.107. The zero-order valence-corrected chi connectivity index (χ0v) is 16.8. The molecule has 0 aliphatic carbocycles. The lowest BCUT2D eigenvalue weighted by Gasteiger charge is -2.32. The number of nitrogens with zero attached hydrogens (tertiary/aromatic N) is 5. The fourth-order valence-corrected chi connectivity index (χ4v) is 3.71. The molecular formula is C20H24N6O3. The van der Waals surface area contributed by atoms with Crippen LogP contribution in [0.1, 0.15) is 41.7 Å². The van der Waals surface area contributed by atoms with Crippen molar-refractivity contribution in [2.24, 2.45) is 0 Å². The van der Waals surface area contributed by atoms with Crippen molar-refractivity contribution < 1.29 is 13.8 Å². The van der Waals surface area contributed by atoms with Gasteiger partial charge in [-0.1, -0.05) is 10.3 Å². The average Bonchev–Trinajstić information content (AvgIpc) is 3.30. The molecule has 4 heterocycles. The van der Waals surface area contributed by atoms with Gasteiger partial charge in [0, 0.05) is 30.8 Å². The molecule has 1 atom stereocenters. The van der Waals surface area contributed by atoms with Crippen molar-refractivity contribution in [3.8, 4) is 11.3 Å². The quantitative estimate of drug-likeness (QED) is 0.701. The molecule has 0 radical (unpaired) electrons. The van der Waals surface area contributed by atoms with Gasteiger partial charge >= 0.3 is 0 Å². The van der Waals surface area contributed by atoms with Gasteiger partial charge in [0.1, 0.15) is 11.6 Å². The molecule has 1 unspecified atom stereocenters. The van der Waals surface area contributed by atoms with Gasteiger partial charge < -0.3 is 14.4 Å². The van der Waals surface area contributed by atoms with Crippen LogP contribution in [-0.4, -0.2) is 50.7 Å². The molecule has 29 heavy (non-hydrogen) atoms. The molecule has 1 aliphatic heterocycles. The SMILES string of the molecule is Cc1cc(-c2cnc(C)nc2C2CCCN(CC(=O)Nc3cc(C)on3)C2)on1. The standard InChI is InChI=1S/C20H24N6O3/c1-12-7-17(29-24-12)16-9-21-14(3)22-20(16)15-5-4-6-26(10-15)11-19(27)23-18-8-13(2)28-25-18/h7-9,15H,4-6,10-11H2,1-3H3,(H,23,25,27). The van der Waals surface area contributed by atoms with Crippen molar-refractivity contribution >= 4 is 11.7 Å². The Bertz CT molecular complexity index is 1010. The minimum Gasteiger partial charge on any atom is -0.360 e. The van der Waals surface area contributed by atoms with Crippen molar-refractivity contribution in [2.75, 3.05) is 25.0 Å². The van der Waals surface area contributed by atoms with Gasteiger partial charge in [0.05, 0.1) is 23.5 Å². The number of aryl methyl sites for hydroxylation is 3. The van der Waals surface area contributed by atoms with Crippen molar-refractivity contribution in [3.05, 3.63) is 41.3 Å². The van der Waals surface area contributed by atoms with E-state index in [0.29, 0.717) is 23.9 Å². The number of hydrogen-bond acceptors (Lipinski definition) is 8. The average molecular weight is 396 g/mol.